The fourth-order valence-electron chi connectivity index (χ4n) is 2.73. The average molecular weight is 528 g/mol. The number of hydrogen-bond donors (Lipinski definition) is 2. The number of rotatable bonds is 3. The monoisotopic (exact) mass is 528 g/mol. The highest BCUT2D eigenvalue weighted by Gasteiger charge is 2.35. The molecule has 2 amide bonds. The minimum absolute atomic E-state index is 1.19. The summed E-state index contributed by atoms with van der Waals surface area (Å²) >= 11 is 0. The lowest BCUT2D eigenvalue weighted by Crippen LogP contribution is -2.28. The second kappa shape index (κ2) is 9.82. The van der Waals surface area contributed by atoms with Crippen LogP contribution in [0.3, 0.4) is 0 Å². The lowest BCUT2D eigenvalue weighted by Gasteiger charge is -2.21. The lowest BCUT2D eigenvalue weighted by molar-refractivity contribution is 0.0623. The average Bonchev–Trinajstić information content (AvgIpc) is 2.71. The quantitative estimate of drug-likeness (QED) is 0.328. The summed E-state index contributed by atoms with van der Waals surface area (Å²) in [5.41, 5.74) is -10.1. The van der Waals surface area contributed by atoms with E-state index in [1.54, 1.807) is 0 Å². The van der Waals surface area contributed by atoms with Gasteiger partial charge in [0.2, 0.25) is 0 Å². The van der Waals surface area contributed by atoms with E-state index in [2.05, 4.69) is 0 Å². The maximum atomic E-state index is 14.7. The van der Waals surface area contributed by atoms with Crippen LogP contribution in [0.2, 0.25) is 0 Å². The molecule has 14 heteroatoms. The maximum absolute atomic E-state index is 14.7. The van der Waals surface area contributed by atoms with Crippen molar-refractivity contribution in [2.75, 3.05) is 10.6 Å². The normalized spacial score (nSPS) is 11.8. The van der Waals surface area contributed by atoms with Gasteiger partial charge in [-0.3, -0.25) is 10.6 Å². The minimum Gasteiger partial charge on any atom is -0.444 e. The molecule has 0 radical (unpaired) electrons. The lowest BCUT2D eigenvalue weighted by atomic mass is 10.00. The Labute approximate surface area is 199 Å². The van der Waals surface area contributed by atoms with Crippen LogP contribution in [0.4, 0.5) is 56.1 Å². The standard InChI is InChI=1S/C22H20F8N2O4/c1-21(2,3)35-19(33)31-17-13(27)9(23)7(10(24)14(17)28)8-11(25)15(29)18(16(30)12(8)26)32-20(34)36-22(4,5)6/h1-6H3,(H,31,33)(H,32,34). The highest BCUT2D eigenvalue weighted by molar-refractivity contribution is 5.87. The van der Waals surface area contributed by atoms with Crippen LogP contribution in [-0.4, -0.2) is 23.4 Å². The number of ether oxygens (including phenoxy) is 2. The summed E-state index contributed by atoms with van der Waals surface area (Å²) in [6.45, 7) is 8.16. The fraction of sp³-hybridized carbons (Fsp3) is 0.364. The predicted molar refractivity (Wildman–Crippen MR) is 111 cm³/mol. The highest BCUT2D eigenvalue weighted by atomic mass is 19.2. The Kier molecular flexibility index (Phi) is 7.81. The van der Waals surface area contributed by atoms with Crippen LogP contribution >= 0.6 is 0 Å². The molecular formula is C22H20F8N2O4. The second-order valence-electron chi connectivity index (χ2n) is 9.27. The third-order valence-corrected chi connectivity index (χ3v) is 4.03. The van der Waals surface area contributed by atoms with Crippen molar-refractivity contribution in [2.24, 2.45) is 0 Å². The summed E-state index contributed by atoms with van der Waals surface area (Å²) < 4.78 is 126. The van der Waals surface area contributed by atoms with Crippen molar-refractivity contribution in [3.63, 3.8) is 0 Å². The third kappa shape index (κ3) is 5.97. The SMILES string of the molecule is CC(C)(C)OC(=O)Nc1c(F)c(F)c(-c2c(F)c(F)c(NC(=O)OC(C)(C)C)c(F)c2F)c(F)c1F. The molecule has 0 aliphatic carbocycles. The van der Waals surface area contributed by atoms with E-state index in [1.807, 2.05) is 0 Å². The van der Waals surface area contributed by atoms with Gasteiger partial charge in [0.05, 0.1) is 11.1 Å². The first-order chi connectivity index (χ1) is 16.3. The first-order valence-electron chi connectivity index (χ1n) is 9.99. The van der Waals surface area contributed by atoms with E-state index in [0.717, 1.165) is 0 Å². The molecule has 2 N–H and O–H groups in total. The van der Waals surface area contributed by atoms with Gasteiger partial charge >= 0.3 is 12.2 Å². The van der Waals surface area contributed by atoms with Gasteiger partial charge in [-0.05, 0) is 41.5 Å². The highest BCUT2D eigenvalue weighted by Crippen LogP contribution is 2.40. The zero-order chi connectivity index (χ0) is 27.9. The van der Waals surface area contributed by atoms with Crippen molar-refractivity contribution in [3.05, 3.63) is 46.5 Å². The number of nitrogens with one attached hydrogen (secondary N) is 2. The Balaban J connectivity index is 2.66. The van der Waals surface area contributed by atoms with E-state index < -0.39 is 92.4 Å². The maximum Gasteiger partial charge on any atom is 0.412 e. The van der Waals surface area contributed by atoms with Crippen LogP contribution in [0.1, 0.15) is 41.5 Å². The smallest absolute Gasteiger partial charge is 0.412 e. The van der Waals surface area contributed by atoms with Crippen molar-refractivity contribution in [3.8, 4) is 11.1 Å². The minimum atomic E-state index is -2.50. The van der Waals surface area contributed by atoms with Gasteiger partial charge in [-0.2, -0.15) is 0 Å². The Morgan fingerprint density at radius 2 is 0.722 bits per heavy atom. The van der Waals surface area contributed by atoms with Gasteiger partial charge in [-0.25, -0.2) is 44.7 Å². The summed E-state index contributed by atoms with van der Waals surface area (Å²) in [5.74, 6) is -19.4. The van der Waals surface area contributed by atoms with Crippen LogP contribution in [0.15, 0.2) is 0 Å². The molecule has 36 heavy (non-hydrogen) atoms. The molecule has 0 aromatic heterocycles. The molecule has 198 valence electrons. The number of amides is 2. The summed E-state index contributed by atoms with van der Waals surface area (Å²) in [6, 6.07) is 0. The number of benzene rings is 2. The molecular weight excluding hydrogens is 508 g/mol. The van der Waals surface area contributed by atoms with Gasteiger partial charge in [-0.15, -0.1) is 0 Å². The van der Waals surface area contributed by atoms with Crippen LogP contribution in [0, 0.1) is 46.5 Å². The summed E-state index contributed by atoms with van der Waals surface area (Å²) in [6.07, 6.45) is -3.09. The van der Waals surface area contributed by atoms with Crippen molar-refractivity contribution < 1.29 is 54.2 Å². The van der Waals surface area contributed by atoms with Crippen molar-refractivity contribution in [1.82, 2.24) is 0 Å². The molecule has 2 aromatic carbocycles. The number of hydrogen-bond acceptors (Lipinski definition) is 4. The van der Waals surface area contributed by atoms with E-state index in [4.69, 9.17) is 9.47 Å². The van der Waals surface area contributed by atoms with Gasteiger partial charge in [0.15, 0.2) is 46.5 Å². The Hall–Kier alpha value is -3.58. The number of carbonyl (C=O) groups is 2. The molecule has 0 aliphatic heterocycles. The van der Waals surface area contributed by atoms with E-state index >= 15 is 0 Å². The molecule has 0 saturated carbocycles. The molecule has 2 rings (SSSR count). The number of halogens is 8. The molecule has 0 bridgehead atoms. The predicted octanol–water partition coefficient (Wildman–Crippen LogP) is 7.16. The largest absolute Gasteiger partial charge is 0.444 e. The number of carbonyl (C=O) groups excluding carboxylic acids is 2. The van der Waals surface area contributed by atoms with E-state index in [9.17, 15) is 44.7 Å². The van der Waals surface area contributed by atoms with Crippen LogP contribution in [0.25, 0.3) is 11.1 Å². The molecule has 0 saturated heterocycles. The number of anilines is 2. The third-order valence-electron chi connectivity index (χ3n) is 4.03. The second-order valence-corrected chi connectivity index (χ2v) is 9.27. The van der Waals surface area contributed by atoms with E-state index in [1.165, 1.54) is 52.2 Å². The Morgan fingerprint density at radius 3 is 0.917 bits per heavy atom. The van der Waals surface area contributed by atoms with Gasteiger partial charge in [0, 0.05) is 0 Å². The topological polar surface area (TPSA) is 76.7 Å². The zero-order valence-corrected chi connectivity index (χ0v) is 19.7. The van der Waals surface area contributed by atoms with Gasteiger partial charge in [-0.1, -0.05) is 0 Å². The first-order valence-corrected chi connectivity index (χ1v) is 9.99. The molecule has 0 heterocycles. The zero-order valence-electron chi connectivity index (χ0n) is 19.7. The van der Waals surface area contributed by atoms with E-state index in [0.29, 0.717) is 0 Å². The summed E-state index contributed by atoms with van der Waals surface area (Å²) in [7, 11) is 0. The molecule has 0 aliphatic rings. The van der Waals surface area contributed by atoms with Crippen molar-refractivity contribution in [2.45, 2.75) is 52.7 Å². The van der Waals surface area contributed by atoms with Crippen LogP contribution in [-0.2, 0) is 9.47 Å². The molecule has 0 spiro atoms. The van der Waals surface area contributed by atoms with Crippen molar-refractivity contribution >= 4 is 23.6 Å². The van der Waals surface area contributed by atoms with Gasteiger partial charge < -0.3 is 9.47 Å². The Morgan fingerprint density at radius 1 is 0.500 bits per heavy atom. The van der Waals surface area contributed by atoms with Gasteiger partial charge in [0.1, 0.15) is 22.6 Å². The van der Waals surface area contributed by atoms with Crippen LogP contribution in [0.5, 0.6) is 0 Å². The fourth-order valence-corrected chi connectivity index (χ4v) is 2.73. The molecule has 6 nitrogen and oxygen atoms in total. The molecule has 0 fully saturated rings. The van der Waals surface area contributed by atoms with Crippen LogP contribution < -0.4 is 10.6 Å². The molecule has 0 unspecified atom stereocenters. The molecule has 2 aromatic rings. The summed E-state index contributed by atoms with van der Waals surface area (Å²) in [4.78, 5) is 23.5. The first kappa shape index (κ1) is 28.7. The van der Waals surface area contributed by atoms with E-state index in [-0.39, 0.29) is 0 Å². The van der Waals surface area contributed by atoms with Crippen molar-refractivity contribution in [1.29, 1.82) is 0 Å². The Bertz CT molecular complexity index is 1080. The molecule has 0 atom stereocenters. The summed E-state index contributed by atoms with van der Waals surface area (Å²) in [5, 5.41) is 2.82. The van der Waals surface area contributed by atoms with Gasteiger partial charge in [0.25, 0.3) is 0 Å².